The van der Waals surface area contributed by atoms with Crippen molar-refractivity contribution < 1.29 is 19.8 Å². The number of anilines is 1. The summed E-state index contributed by atoms with van der Waals surface area (Å²) >= 11 is 1.30. The Labute approximate surface area is 143 Å². The van der Waals surface area contributed by atoms with Crippen LogP contribution in [0.4, 0.5) is 5.69 Å². The Hall–Kier alpha value is -2.31. The second-order valence-electron chi connectivity index (χ2n) is 5.50. The topological polar surface area (TPSA) is 77.8 Å². The number of benzene rings is 2. The van der Waals surface area contributed by atoms with Gasteiger partial charge in [0.15, 0.2) is 0 Å². The number of aromatic carboxylic acids is 1. The highest BCUT2D eigenvalue weighted by molar-refractivity contribution is 7.99. The third-order valence-corrected chi connectivity index (χ3v) is 5.14. The molecule has 0 unspecified atom stereocenters. The van der Waals surface area contributed by atoms with Crippen molar-refractivity contribution in [3.8, 4) is 0 Å². The van der Waals surface area contributed by atoms with E-state index in [0.29, 0.717) is 23.5 Å². The van der Waals surface area contributed by atoms with Gasteiger partial charge in [-0.1, -0.05) is 30.0 Å². The fraction of sp³-hybridized carbons (Fsp3) is 0.222. The molecule has 1 amide bonds. The molecule has 2 aromatic rings. The average Bonchev–Trinajstić information content (AvgIpc) is 3.01. The number of carbonyl (C=O) groups excluding carboxylic acids is 1. The Morgan fingerprint density at radius 2 is 1.96 bits per heavy atom. The van der Waals surface area contributed by atoms with Gasteiger partial charge in [0.1, 0.15) is 0 Å². The molecule has 1 heterocycles. The molecule has 0 saturated carbocycles. The van der Waals surface area contributed by atoms with E-state index >= 15 is 0 Å². The van der Waals surface area contributed by atoms with Crippen molar-refractivity contribution in [3.05, 3.63) is 53.6 Å². The Morgan fingerprint density at radius 3 is 2.62 bits per heavy atom. The van der Waals surface area contributed by atoms with E-state index in [0.717, 1.165) is 16.9 Å². The number of carbonyl (C=O) groups is 2. The number of aliphatic hydroxyl groups is 1. The first-order valence-corrected chi connectivity index (χ1v) is 8.46. The van der Waals surface area contributed by atoms with E-state index in [9.17, 15) is 19.8 Å². The second kappa shape index (κ2) is 7.07. The number of nitrogens with zero attached hydrogens (tertiary/aromatic N) is 1. The van der Waals surface area contributed by atoms with E-state index in [1.807, 2.05) is 18.2 Å². The Bertz CT molecular complexity index is 790. The Morgan fingerprint density at radius 1 is 1.17 bits per heavy atom. The van der Waals surface area contributed by atoms with Gasteiger partial charge in [-0.05, 0) is 36.2 Å². The first-order valence-electron chi connectivity index (χ1n) is 7.64. The van der Waals surface area contributed by atoms with Crippen LogP contribution in [0.5, 0.6) is 0 Å². The van der Waals surface area contributed by atoms with Crippen LogP contribution in [-0.2, 0) is 11.4 Å². The highest BCUT2D eigenvalue weighted by Gasteiger charge is 2.23. The first-order chi connectivity index (χ1) is 11.6. The molecule has 1 aliphatic heterocycles. The monoisotopic (exact) mass is 343 g/mol. The number of carboxylic acids is 1. The minimum absolute atomic E-state index is 0.0253. The molecule has 24 heavy (non-hydrogen) atoms. The third kappa shape index (κ3) is 3.29. The number of aliphatic hydroxyl groups excluding tert-OH is 1. The summed E-state index contributed by atoms with van der Waals surface area (Å²) in [4.78, 5) is 26.5. The lowest BCUT2D eigenvalue weighted by atomic mass is 10.2. The molecule has 0 bridgehead atoms. The molecule has 6 heteroatoms. The van der Waals surface area contributed by atoms with Gasteiger partial charge in [-0.15, -0.1) is 0 Å². The molecular weight excluding hydrogens is 326 g/mol. The minimum atomic E-state index is -1.03. The van der Waals surface area contributed by atoms with Crippen molar-refractivity contribution in [1.82, 2.24) is 0 Å². The van der Waals surface area contributed by atoms with Crippen LogP contribution >= 0.6 is 11.8 Å². The predicted octanol–water partition coefficient (Wildman–Crippen LogP) is 3.16. The lowest BCUT2D eigenvalue weighted by Gasteiger charge is -2.17. The zero-order chi connectivity index (χ0) is 17.1. The standard InChI is InChI=1S/C18H17NO4S/c20-11-12-4-1-2-5-15(12)24-16-8-7-13(10-14(16)18(22)23)19-9-3-6-17(19)21/h1-2,4-5,7-8,10,20H,3,6,9,11H2,(H,22,23). The van der Waals surface area contributed by atoms with Crippen molar-refractivity contribution >= 4 is 29.3 Å². The van der Waals surface area contributed by atoms with Crippen molar-refractivity contribution in [2.75, 3.05) is 11.4 Å². The molecule has 1 saturated heterocycles. The summed E-state index contributed by atoms with van der Waals surface area (Å²) in [5.41, 5.74) is 1.53. The average molecular weight is 343 g/mol. The maximum Gasteiger partial charge on any atom is 0.336 e. The third-order valence-electron chi connectivity index (χ3n) is 3.94. The second-order valence-corrected chi connectivity index (χ2v) is 6.59. The van der Waals surface area contributed by atoms with E-state index in [1.54, 1.807) is 29.2 Å². The maximum atomic E-state index is 11.9. The molecule has 0 radical (unpaired) electrons. The Kier molecular flexibility index (Phi) is 4.87. The molecule has 124 valence electrons. The lowest BCUT2D eigenvalue weighted by molar-refractivity contribution is -0.117. The number of amides is 1. The Balaban J connectivity index is 1.96. The molecule has 2 N–H and O–H groups in total. The smallest absolute Gasteiger partial charge is 0.336 e. The molecule has 1 aliphatic rings. The number of rotatable bonds is 5. The summed E-state index contributed by atoms with van der Waals surface area (Å²) in [6.45, 7) is 0.518. The van der Waals surface area contributed by atoms with Gasteiger partial charge in [0.05, 0.1) is 12.2 Å². The van der Waals surface area contributed by atoms with Gasteiger partial charge in [-0.3, -0.25) is 4.79 Å². The van der Waals surface area contributed by atoms with Crippen LogP contribution < -0.4 is 4.90 Å². The van der Waals surface area contributed by atoms with E-state index < -0.39 is 5.97 Å². The van der Waals surface area contributed by atoms with Gasteiger partial charge in [0.2, 0.25) is 5.91 Å². The van der Waals surface area contributed by atoms with Crippen LogP contribution in [-0.4, -0.2) is 28.6 Å². The summed E-state index contributed by atoms with van der Waals surface area (Å²) in [6, 6.07) is 12.4. The first kappa shape index (κ1) is 16.5. The van der Waals surface area contributed by atoms with Crippen molar-refractivity contribution in [2.24, 2.45) is 0 Å². The van der Waals surface area contributed by atoms with Gasteiger partial charge in [-0.25, -0.2) is 4.79 Å². The van der Waals surface area contributed by atoms with E-state index in [2.05, 4.69) is 0 Å². The SMILES string of the molecule is O=C(O)c1cc(N2CCCC2=O)ccc1Sc1ccccc1CO. The quantitative estimate of drug-likeness (QED) is 0.872. The van der Waals surface area contributed by atoms with Crippen LogP contribution in [0, 0.1) is 0 Å². The minimum Gasteiger partial charge on any atom is -0.478 e. The van der Waals surface area contributed by atoms with Crippen LogP contribution in [0.1, 0.15) is 28.8 Å². The van der Waals surface area contributed by atoms with Crippen molar-refractivity contribution in [1.29, 1.82) is 0 Å². The molecular formula is C18H17NO4S. The van der Waals surface area contributed by atoms with Crippen LogP contribution in [0.25, 0.3) is 0 Å². The predicted molar refractivity (Wildman–Crippen MR) is 91.5 cm³/mol. The molecule has 1 fully saturated rings. The zero-order valence-corrected chi connectivity index (χ0v) is 13.8. The van der Waals surface area contributed by atoms with Gasteiger partial charge in [0.25, 0.3) is 0 Å². The number of hydrogen-bond donors (Lipinski definition) is 2. The zero-order valence-electron chi connectivity index (χ0n) is 12.9. The van der Waals surface area contributed by atoms with Gasteiger partial charge >= 0.3 is 5.97 Å². The van der Waals surface area contributed by atoms with Crippen LogP contribution in [0.2, 0.25) is 0 Å². The fourth-order valence-corrected chi connectivity index (χ4v) is 3.76. The summed E-state index contributed by atoms with van der Waals surface area (Å²) in [6.07, 6.45) is 1.30. The molecule has 0 atom stereocenters. The lowest BCUT2D eigenvalue weighted by Crippen LogP contribution is -2.24. The van der Waals surface area contributed by atoms with Crippen molar-refractivity contribution in [3.63, 3.8) is 0 Å². The highest BCUT2D eigenvalue weighted by atomic mass is 32.2. The molecule has 0 aromatic heterocycles. The largest absolute Gasteiger partial charge is 0.478 e. The molecule has 3 rings (SSSR count). The summed E-state index contributed by atoms with van der Waals surface area (Å²) in [7, 11) is 0. The van der Waals surface area contributed by atoms with E-state index in [1.165, 1.54) is 11.8 Å². The van der Waals surface area contributed by atoms with Crippen LogP contribution in [0.3, 0.4) is 0 Å². The highest BCUT2D eigenvalue weighted by Crippen LogP contribution is 2.35. The maximum absolute atomic E-state index is 11.9. The van der Waals surface area contributed by atoms with Crippen LogP contribution in [0.15, 0.2) is 52.3 Å². The molecule has 2 aromatic carbocycles. The normalized spacial score (nSPS) is 14.2. The molecule has 0 aliphatic carbocycles. The van der Waals surface area contributed by atoms with Gasteiger partial charge < -0.3 is 15.1 Å². The molecule has 5 nitrogen and oxygen atoms in total. The summed E-state index contributed by atoms with van der Waals surface area (Å²) in [5.74, 6) is -1.01. The summed E-state index contributed by atoms with van der Waals surface area (Å²) < 4.78 is 0. The number of hydrogen-bond acceptors (Lipinski definition) is 4. The van der Waals surface area contributed by atoms with E-state index in [-0.39, 0.29) is 18.1 Å². The van der Waals surface area contributed by atoms with E-state index in [4.69, 9.17) is 0 Å². The fourth-order valence-electron chi connectivity index (χ4n) is 2.72. The van der Waals surface area contributed by atoms with Gasteiger partial charge in [-0.2, -0.15) is 0 Å². The summed E-state index contributed by atoms with van der Waals surface area (Å²) in [5, 5.41) is 19.0. The van der Waals surface area contributed by atoms with Crippen molar-refractivity contribution in [2.45, 2.75) is 29.2 Å². The number of carboxylic acid groups (broad SMARTS) is 1. The molecule has 0 spiro atoms. The van der Waals surface area contributed by atoms with Gasteiger partial charge in [0, 0.05) is 28.4 Å².